The Morgan fingerprint density at radius 3 is 2.17 bits per heavy atom. The van der Waals surface area contributed by atoms with Crippen LogP contribution in [-0.2, 0) is 4.74 Å². The lowest BCUT2D eigenvalue weighted by Gasteiger charge is -2.34. The van der Waals surface area contributed by atoms with Crippen molar-refractivity contribution in [3.8, 4) is 11.5 Å². The molecule has 2 saturated heterocycles. The number of amides is 1. The lowest BCUT2D eigenvalue weighted by atomic mass is 10.1. The SMILES string of the molecule is O=C(c1ccc(Oc2ccccc2)cc1)N1[C@@H]2CC[C@H]1COC2. The van der Waals surface area contributed by atoms with Gasteiger partial charge in [0.25, 0.3) is 5.91 Å². The van der Waals surface area contributed by atoms with Crippen LogP contribution in [0.2, 0.25) is 0 Å². The number of para-hydroxylation sites is 1. The number of nitrogens with zero attached hydrogens (tertiary/aromatic N) is 1. The average molecular weight is 309 g/mol. The second-order valence-corrected chi connectivity index (χ2v) is 6.07. The molecule has 2 heterocycles. The summed E-state index contributed by atoms with van der Waals surface area (Å²) in [5.74, 6) is 1.63. The summed E-state index contributed by atoms with van der Waals surface area (Å²) in [6, 6.07) is 17.5. The molecule has 0 unspecified atom stereocenters. The molecule has 2 aromatic carbocycles. The van der Waals surface area contributed by atoms with Crippen molar-refractivity contribution in [3.63, 3.8) is 0 Å². The maximum atomic E-state index is 12.8. The Labute approximate surface area is 135 Å². The highest BCUT2D eigenvalue weighted by atomic mass is 16.5. The fourth-order valence-electron chi connectivity index (χ4n) is 3.40. The van der Waals surface area contributed by atoms with E-state index in [1.165, 1.54) is 0 Å². The van der Waals surface area contributed by atoms with Gasteiger partial charge in [-0.1, -0.05) is 18.2 Å². The molecule has 0 spiro atoms. The fourth-order valence-corrected chi connectivity index (χ4v) is 3.40. The van der Waals surface area contributed by atoms with E-state index in [4.69, 9.17) is 9.47 Å². The molecule has 1 amide bonds. The van der Waals surface area contributed by atoms with Crippen LogP contribution in [0.3, 0.4) is 0 Å². The van der Waals surface area contributed by atoms with Crippen molar-refractivity contribution in [2.45, 2.75) is 24.9 Å². The van der Waals surface area contributed by atoms with E-state index in [9.17, 15) is 4.79 Å². The topological polar surface area (TPSA) is 38.8 Å². The molecule has 2 aliphatic heterocycles. The zero-order valence-electron chi connectivity index (χ0n) is 12.9. The van der Waals surface area contributed by atoms with Gasteiger partial charge in [-0.2, -0.15) is 0 Å². The molecule has 2 bridgehead atoms. The van der Waals surface area contributed by atoms with Gasteiger partial charge in [-0.3, -0.25) is 4.79 Å². The first-order valence-electron chi connectivity index (χ1n) is 8.04. The van der Waals surface area contributed by atoms with Gasteiger partial charge < -0.3 is 14.4 Å². The molecule has 0 aliphatic carbocycles. The van der Waals surface area contributed by atoms with Crippen molar-refractivity contribution in [1.82, 2.24) is 4.90 Å². The predicted molar refractivity (Wildman–Crippen MR) is 86.8 cm³/mol. The van der Waals surface area contributed by atoms with Crippen molar-refractivity contribution in [2.75, 3.05) is 13.2 Å². The zero-order chi connectivity index (χ0) is 15.6. The first-order chi connectivity index (χ1) is 11.3. The van der Waals surface area contributed by atoms with Crippen LogP contribution in [0.25, 0.3) is 0 Å². The van der Waals surface area contributed by atoms with E-state index in [1.807, 2.05) is 59.5 Å². The summed E-state index contributed by atoms with van der Waals surface area (Å²) in [4.78, 5) is 14.8. The minimum absolute atomic E-state index is 0.104. The van der Waals surface area contributed by atoms with Crippen LogP contribution in [0.5, 0.6) is 11.5 Å². The van der Waals surface area contributed by atoms with Gasteiger partial charge in [0.1, 0.15) is 11.5 Å². The highest BCUT2D eigenvalue weighted by molar-refractivity contribution is 5.95. The summed E-state index contributed by atoms with van der Waals surface area (Å²) in [6.07, 6.45) is 2.09. The molecule has 118 valence electrons. The summed E-state index contributed by atoms with van der Waals surface area (Å²) < 4.78 is 11.3. The van der Waals surface area contributed by atoms with Gasteiger partial charge in [-0.15, -0.1) is 0 Å². The van der Waals surface area contributed by atoms with Crippen molar-refractivity contribution in [2.24, 2.45) is 0 Å². The number of hydrogen-bond acceptors (Lipinski definition) is 3. The summed E-state index contributed by atoms with van der Waals surface area (Å²) in [5, 5.41) is 0. The summed E-state index contributed by atoms with van der Waals surface area (Å²) >= 11 is 0. The molecule has 4 nitrogen and oxygen atoms in total. The molecule has 4 rings (SSSR count). The molecular weight excluding hydrogens is 290 g/mol. The monoisotopic (exact) mass is 309 g/mol. The van der Waals surface area contributed by atoms with Crippen molar-refractivity contribution in [1.29, 1.82) is 0 Å². The lowest BCUT2D eigenvalue weighted by molar-refractivity contribution is -0.00715. The number of carbonyl (C=O) groups is 1. The molecule has 2 fully saturated rings. The third kappa shape index (κ3) is 2.82. The van der Waals surface area contributed by atoms with Crippen LogP contribution in [0.15, 0.2) is 54.6 Å². The van der Waals surface area contributed by atoms with E-state index in [-0.39, 0.29) is 18.0 Å². The molecule has 2 aromatic rings. The number of ether oxygens (including phenoxy) is 2. The third-order valence-electron chi connectivity index (χ3n) is 4.56. The van der Waals surface area contributed by atoms with E-state index in [0.717, 1.165) is 24.3 Å². The maximum Gasteiger partial charge on any atom is 0.254 e. The van der Waals surface area contributed by atoms with Gasteiger partial charge in [-0.25, -0.2) is 0 Å². The summed E-state index contributed by atoms with van der Waals surface area (Å²) in [5.41, 5.74) is 0.712. The van der Waals surface area contributed by atoms with Gasteiger partial charge in [0.05, 0.1) is 25.3 Å². The van der Waals surface area contributed by atoms with Crippen LogP contribution in [0.1, 0.15) is 23.2 Å². The number of morpholine rings is 1. The Kier molecular flexibility index (Phi) is 3.75. The average Bonchev–Trinajstić information content (AvgIpc) is 2.84. The highest BCUT2D eigenvalue weighted by Crippen LogP contribution is 2.30. The van der Waals surface area contributed by atoms with Crippen molar-refractivity contribution in [3.05, 3.63) is 60.2 Å². The zero-order valence-corrected chi connectivity index (χ0v) is 12.9. The highest BCUT2D eigenvalue weighted by Gasteiger charge is 2.40. The second-order valence-electron chi connectivity index (χ2n) is 6.07. The van der Waals surface area contributed by atoms with Crippen LogP contribution in [0.4, 0.5) is 0 Å². The number of hydrogen-bond donors (Lipinski definition) is 0. The van der Waals surface area contributed by atoms with Crippen LogP contribution >= 0.6 is 0 Å². The van der Waals surface area contributed by atoms with E-state index in [0.29, 0.717) is 18.8 Å². The second kappa shape index (κ2) is 6.05. The number of benzene rings is 2. The molecule has 0 saturated carbocycles. The standard InChI is InChI=1S/C19H19NO3/c21-19(20-15-8-9-16(20)13-22-12-15)14-6-10-18(11-7-14)23-17-4-2-1-3-5-17/h1-7,10-11,15-16H,8-9,12-13H2/t15-,16+. The van der Waals surface area contributed by atoms with Gasteiger partial charge in [-0.05, 0) is 49.2 Å². The van der Waals surface area contributed by atoms with E-state index in [1.54, 1.807) is 0 Å². The molecular formula is C19H19NO3. The Hall–Kier alpha value is -2.33. The summed E-state index contributed by atoms with van der Waals surface area (Å²) in [7, 11) is 0. The Morgan fingerprint density at radius 1 is 0.913 bits per heavy atom. The first-order valence-corrected chi connectivity index (χ1v) is 8.04. The smallest absolute Gasteiger partial charge is 0.254 e. The van der Waals surface area contributed by atoms with Gasteiger partial charge in [0, 0.05) is 5.56 Å². The fraction of sp³-hybridized carbons (Fsp3) is 0.316. The van der Waals surface area contributed by atoms with Gasteiger partial charge in [0.2, 0.25) is 0 Å². The number of carbonyl (C=O) groups excluding carboxylic acids is 1. The van der Waals surface area contributed by atoms with Gasteiger partial charge in [0.15, 0.2) is 0 Å². The predicted octanol–water partition coefficient (Wildman–Crippen LogP) is 3.48. The van der Waals surface area contributed by atoms with Crippen LogP contribution in [0, 0.1) is 0 Å². The maximum absolute atomic E-state index is 12.8. The third-order valence-corrected chi connectivity index (χ3v) is 4.56. The number of fused-ring (bicyclic) bond motifs is 2. The molecule has 4 heteroatoms. The van der Waals surface area contributed by atoms with E-state index < -0.39 is 0 Å². The molecule has 0 radical (unpaired) electrons. The minimum Gasteiger partial charge on any atom is -0.457 e. The minimum atomic E-state index is 0.104. The normalized spacial score (nSPS) is 22.9. The number of rotatable bonds is 3. The van der Waals surface area contributed by atoms with Crippen LogP contribution in [-0.4, -0.2) is 36.1 Å². The molecule has 2 atom stereocenters. The molecule has 0 aromatic heterocycles. The molecule has 2 aliphatic rings. The van der Waals surface area contributed by atoms with E-state index >= 15 is 0 Å². The Bertz CT molecular complexity index is 668. The Balaban J connectivity index is 1.49. The largest absolute Gasteiger partial charge is 0.457 e. The lowest BCUT2D eigenvalue weighted by Crippen LogP contribution is -2.49. The van der Waals surface area contributed by atoms with Crippen molar-refractivity contribution >= 4 is 5.91 Å². The summed E-state index contributed by atoms with van der Waals surface area (Å²) in [6.45, 7) is 1.33. The molecule has 0 N–H and O–H groups in total. The first kappa shape index (κ1) is 14.3. The van der Waals surface area contributed by atoms with Crippen LogP contribution < -0.4 is 4.74 Å². The molecule has 23 heavy (non-hydrogen) atoms. The van der Waals surface area contributed by atoms with Crippen molar-refractivity contribution < 1.29 is 14.3 Å². The van der Waals surface area contributed by atoms with E-state index in [2.05, 4.69) is 0 Å². The quantitative estimate of drug-likeness (QED) is 0.871. The van der Waals surface area contributed by atoms with Gasteiger partial charge >= 0.3 is 0 Å². The Morgan fingerprint density at radius 2 is 1.52 bits per heavy atom.